The monoisotopic (exact) mass is 264 g/mol. The second kappa shape index (κ2) is 6.70. The van der Waals surface area contributed by atoms with Gasteiger partial charge in [0.2, 0.25) is 0 Å². The SMILES string of the molecule is CCc1nc(NC)c(C)c(NCCC2CCCO2)n1. The molecule has 0 amide bonds. The highest BCUT2D eigenvalue weighted by molar-refractivity contribution is 5.56. The molecular formula is C14H24N4O. The molecule has 1 saturated heterocycles. The average Bonchev–Trinajstić information content (AvgIpc) is 2.94. The molecule has 1 aromatic heterocycles. The molecule has 5 heteroatoms. The minimum atomic E-state index is 0.420. The van der Waals surface area contributed by atoms with Crippen LogP contribution >= 0.6 is 0 Å². The summed E-state index contributed by atoms with van der Waals surface area (Å²) in [7, 11) is 1.89. The molecule has 1 unspecified atom stereocenters. The molecule has 2 rings (SSSR count). The quantitative estimate of drug-likeness (QED) is 0.826. The second-order valence-corrected chi connectivity index (χ2v) is 4.92. The van der Waals surface area contributed by atoms with E-state index >= 15 is 0 Å². The second-order valence-electron chi connectivity index (χ2n) is 4.92. The van der Waals surface area contributed by atoms with E-state index in [0.717, 1.165) is 49.0 Å². The Bertz CT molecular complexity index is 416. The highest BCUT2D eigenvalue weighted by Crippen LogP contribution is 2.20. The van der Waals surface area contributed by atoms with E-state index in [9.17, 15) is 0 Å². The maximum Gasteiger partial charge on any atom is 0.134 e. The standard InChI is InChI=1S/C14H24N4O/c1-4-12-17-13(15-3)10(2)14(18-12)16-8-7-11-6-5-9-19-11/h11H,4-9H2,1-3H3,(H2,15,16,17,18). The number of nitrogens with zero attached hydrogens (tertiary/aromatic N) is 2. The number of hydrogen-bond donors (Lipinski definition) is 2. The molecule has 5 nitrogen and oxygen atoms in total. The van der Waals surface area contributed by atoms with Gasteiger partial charge in [0.15, 0.2) is 0 Å². The van der Waals surface area contributed by atoms with Crippen LogP contribution in [0.5, 0.6) is 0 Å². The summed E-state index contributed by atoms with van der Waals surface area (Å²) in [5, 5.41) is 6.54. The van der Waals surface area contributed by atoms with Crippen LogP contribution in [0.4, 0.5) is 11.6 Å². The predicted octanol–water partition coefficient (Wildman–Crippen LogP) is 2.37. The number of aromatic nitrogens is 2. The van der Waals surface area contributed by atoms with Crippen molar-refractivity contribution in [2.24, 2.45) is 0 Å². The van der Waals surface area contributed by atoms with Crippen LogP contribution < -0.4 is 10.6 Å². The van der Waals surface area contributed by atoms with Crippen molar-refractivity contribution >= 4 is 11.6 Å². The van der Waals surface area contributed by atoms with Crippen LogP contribution in [0.3, 0.4) is 0 Å². The smallest absolute Gasteiger partial charge is 0.134 e. The number of ether oxygens (including phenoxy) is 1. The summed E-state index contributed by atoms with van der Waals surface area (Å²) in [6.45, 7) is 5.93. The lowest BCUT2D eigenvalue weighted by molar-refractivity contribution is 0.107. The molecule has 1 atom stereocenters. The molecule has 106 valence electrons. The maximum atomic E-state index is 5.63. The molecule has 1 aliphatic rings. The van der Waals surface area contributed by atoms with E-state index in [0.29, 0.717) is 6.10 Å². The molecule has 0 saturated carbocycles. The normalized spacial score (nSPS) is 18.6. The summed E-state index contributed by atoms with van der Waals surface area (Å²) in [6, 6.07) is 0. The number of rotatable bonds is 6. The topological polar surface area (TPSA) is 59.1 Å². The van der Waals surface area contributed by atoms with Crippen LogP contribution in [0.2, 0.25) is 0 Å². The number of nitrogens with one attached hydrogen (secondary N) is 2. The minimum absolute atomic E-state index is 0.420. The van der Waals surface area contributed by atoms with Crippen LogP contribution in [0.15, 0.2) is 0 Å². The molecule has 2 heterocycles. The lowest BCUT2D eigenvalue weighted by Gasteiger charge is -2.14. The molecular weight excluding hydrogens is 240 g/mol. The van der Waals surface area contributed by atoms with Crippen LogP contribution in [-0.4, -0.2) is 36.3 Å². The van der Waals surface area contributed by atoms with Gasteiger partial charge >= 0.3 is 0 Å². The van der Waals surface area contributed by atoms with Crippen molar-refractivity contribution in [3.63, 3.8) is 0 Å². The minimum Gasteiger partial charge on any atom is -0.378 e. The van der Waals surface area contributed by atoms with Crippen LogP contribution in [0.25, 0.3) is 0 Å². The molecule has 0 aromatic carbocycles. The average molecular weight is 264 g/mol. The lowest BCUT2D eigenvalue weighted by Crippen LogP contribution is -2.15. The number of hydrogen-bond acceptors (Lipinski definition) is 5. The summed E-state index contributed by atoms with van der Waals surface area (Å²) in [6.07, 6.45) is 4.69. The Morgan fingerprint density at radius 2 is 2.11 bits per heavy atom. The van der Waals surface area contributed by atoms with Gasteiger partial charge < -0.3 is 15.4 Å². The van der Waals surface area contributed by atoms with E-state index in [-0.39, 0.29) is 0 Å². The number of anilines is 2. The van der Waals surface area contributed by atoms with Crippen LogP contribution in [-0.2, 0) is 11.2 Å². The molecule has 0 aliphatic carbocycles. The van der Waals surface area contributed by atoms with E-state index in [4.69, 9.17) is 4.74 Å². The zero-order valence-corrected chi connectivity index (χ0v) is 12.1. The first-order valence-corrected chi connectivity index (χ1v) is 7.15. The molecule has 1 aliphatic heterocycles. The summed E-state index contributed by atoms with van der Waals surface area (Å²) in [4.78, 5) is 9.03. The van der Waals surface area contributed by atoms with Gasteiger partial charge in [0.25, 0.3) is 0 Å². The van der Waals surface area contributed by atoms with Gasteiger partial charge in [-0.05, 0) is 26.2 Å². The Morgan fingerprint density at radius 1 is 1.32 bits per heavy atom. The fourth-order valence-corrected chi connectivity index (χ4v) is 2.36. The third kappa shape index (κ3) is 3.56. The van der Waals surface area contributed by atoms with E-state index in [2.05, 4.69) is 27.5 Å². The zero-order valence-electron chi connectivity index (χ0n) is 12.1. The summed E-state index contributed by atoms with van der Waals surface area (Å²) in [5.41, 5.74) is 1.08. The van der Waals surface area contributed by atoms with Crippen molar-refractivity contribution in [3.05, 3.63) is 11.4 Å². The lowest BCUT2D eigenvalue weighted by atomic mass is 10.2. The maximum absolute atomic E-state index is 5.63. The Morgan fingerprint density at radius 3 is 2.74 bits per heavy atom. The fourth-order valence-electron chi connectivity index (χ4n) is 2.36. The van der Waals surface area contributed by atoms with Gasteiger partial charge in [-0.2, -0.15) is 0 Å². The molecule has 1 fully saturated rings. The van der Waals surface area contributed by atoms with Gasteiger partial charge in [-0.1, -0.05) is 6.92 Å². The fraction of sp³-hybridized carbons (Fsp3) is 0.714. The van der Waals surface area contributed by atoms with Crippen molar-refractivity contribution in [2.45, 2.75) is 45.6 Å². The van der Waals surface area contributed by atoms with Gasteiger partial charge in [-0.15, -0.1) is 0 Å². The number of aryl methyl sites for hydroxylation is 1. The molecule has 2 N–H and O–H groups in total. The van der Waals surface area contributed by atoms with E-state index < -0.39 is 0 Å². The summed E-state index contributed by atoms with van der Waals surface area (Å²) >= 11 is 0. The van der Waals surface area contributed by atoms with Crippen LogP contribution in [0, 0.1) is 6.92 Å². The highest BCUT2D eigenvalue weighted by atomic mass is 16.5. The van der Waals surface area contributed by atoms with E-state index in [1.165, 1.54) is 12.8 Å². The van der Waals surface area contributed by atoms with Crippen molar-refractivity contribution in [1.82, 2.24) is 9.97 Å². The first kappa shape index (κ1) is 14.1. The Labute approximate surface area is 115 Å². The largest absolute Gasteiger partial charge is 0.378 e. The summed E-state index contributed by atoms with van der Waals surface area (Å²) in [5.74, 6) is 2.72. The Kier molecular flexibility index (Phi) is 4.96. The first-order chi connectivity index (χ1) is 9.24. The predicted molar refractivity (Wildman–Crippen MR) is 77.8 cm³/mol. The molecule has 1 aromatic rings. The van der Waals surface area contributed by atoms with Gasteiger partial charge in [-0.25, -0.2) is 9.97 Å². The van der Waals surface area contributed by atoms with Crippen molar-refractivity contribution < 1.29 is 4.74 Å². The molecule has 0 bridgehead atoms. The summed E-state index contributed by atoms with van der Waals surface area (Å²) < 4.78 is 5.63. The zero-order chi connectivity index (χ0) is 13.7. The van der Waals surface area contributed by atoms with Gasteiger partial charge in [0, 0.05) is 32.2 Å². The van der Waals surface area contributed by atoms with E-state index in [1.54, 1.807) is 0 Å². The van der Waals surface area contributed by atoms with Gasteiger partial charge in [0.1, 0.15) is 17.5 Å². The Balaban J connectivity index is 1.97. The van der Waals surface area contributed by atoms with Crippen molar-refractivity contribution in [2.75, 3.05) is 30.8 Å². The molecule has 19 heavy (non-hydrogen) atoms. The molecule has 0 spiro atoms. The third-order valence-electron chi connectivity index (χ3n) is 3.53. The molecule has 0 radical (unpaired) electrons. The van der Waals surface area contributed by atoms with Gasteiger partial charge in [-0.3, -0.25) is 0 Å². The van der Waals surface area contributed by atoms with Gasteiger partial charge in [0.05, 0.1) is 6.10 Å². The van der Waals surface area contributed by atoms with Crippen molar-refractivity contribution in [1.29, 1.82) is 0 Å². The van der Waals surface area contributed by atoms with Crippen molar-refractivity contribution in [3.8, 4) is 0 Å². The van der Waals surface area contributed by atoms with Crippen LogP contribution in [0.1, 0.15) is 37.6 Å². The highest BCUT2D eigenvalue weighted by Gasteiger charge is 2.15. The third-order valence-corrected chi connectivity index (χ3v) is 3.53. The Hall–Kier alpha value is -1.36. The van der Waals surface area contributed by atoms with E-state index in [1.807, 2.05) is 14.0 Å². The first-order valence-electron chi connectivity index (χ1n) is 7.15.